The molecule has 0 saturated carbocycles. The van der Waals surface area contributed by atoms with E-state index in [0.717, 1.165) is 5.56 Å². The van der Waals surface area contributed by atoms with Gasteiger partial charge in [0, 0.05) is 31.3 Å². The highest BCUT2D eigenvalue weighted by molar-refractivity contribution is 7.92. The molecule has 0 aliphatic heterocycles. The Bertz CT molecular complexity index is 1210. The summed E-state index contributed by atoms with van der Waals surface area (Å²) in [5, 5.41) is 13.4. The van der Waals surface area contributed by atoms with Crippen LogP contribution in [0, 0.1) is 17.0 Å². The first-order valence-corrected chi connectivity index (χ1v) is 10.8. The zero-order chi connectivity index (χ0) is 22.6. The molecule has 31 heavy (non-hydrogen) atoms. The Kier molecular flexibility index (Phi) is 6.36. The van der Waals surface area contributed by atoms with Crippen molar-refractivity contribution >= 4 is 27.3 Å². The number of non-ortho nitro benzene ring substituents is 1. The highest BCUT2D eigenvalue weighted by atomic mass is 32.2. The predicted molar refractivity (Wildman–Crippen MR) is 117 cm³/mol. The van der Waals surface area contributed by atoms with E-state index in [4.69, 9.17) is 0 Å². The van der Waals surface area contributed by atoms with Crippen LogP contribution in [-0.2, 0) is 16.6 Å². The number of carbonyl (C=O) groups excluding carboxylic acids is 1. The number of hydrogen-bond acceptors (Lipinski definition) is 5. The Labute approximate surface area is 180 Å². The quantitative estimate of drug-likeness (QED) is 0.446. The predicted octanol–water partition coefficient (Wildman–Crippen LogP) is 3.66. The van der Waals surface area contributed by atoms with Crippen LogP contribution in [0.15, 0.2) is 77.7 Å². The van der Waals surface area contributed by atoms with Gasteiger partial charge in [0.05, 0.1) is 15.5 Å². The number of nitrogens with zero attached hydrogens (tertiary/aromatic N) is 2. The van der Waals surface area contributed by atoms with E-state index in [0.29, 0.717) is 11.3 Å². The molecule has 3 rings (SSSR count). The Morgan fingerprint density at radius 2 is 1.68 bits per heavy atom. The summed E-state index contributed by atoms with van der Waals surface area (Å²) in [6, 6.07) is 18.7. The molecular weight excluding hydrogens is 418 g/mol. The lowest BCUT2D eigenvalue weighted by Gasteiger charge is -2.20. The standard InChI is InChI=1S/C22H21N3O5S/c1-16-6-10-19(11-7-16)24(2)31(29,30)21-5-3-4-18(14-21)22(26)23-15-17-8-12-20(13-9-17)25(27)28/h3-14H,15H2,1-2H3,(H,23,26). The summed E-state index contributed by atoms with van der Waals surface area (Å²) >= 11 is 0. The summed E-state index contributed by atoms with van der Waals surface area (Å²) < 4.78 is 27.2. The summed E-state index contributed by atoms with van der Waals surface area (Å²) in [6.45, 7) is 2.06. The van der Waals surface area contributed by atoms with Crippen molar-refractivity contribution in [3.8, 4) is 0 Å². The van der Waals surface area contributed by atoms with Crippen LogP contribution in [0.1, 0.15) is 21.5 Å². The lowest BCUT2D eigenvalue weighted by Crippen LogP contribution is -2.27. The highest BCUT2D eigenvalue weighted by Gasteiger charge is 2.22. The van der Waals surface area contributed by atoms with Crippen molar-refractivity contribution in [2.75, 3.05) is 11.4 Å². The number of anilines is 1. The minimum Gasteiger partial charge on any atom is -0.348 e. The fourth-order valence-electron chi connectivity index (χ4n) is 2.87. The Morgan fingerprint density at radius 3 is 2.29 bits per heavy atom. The maximum atomic E-state index is 13.0. The van der Waals surface area contributed by atoms with Gasteiger partial charge in [0.1, 0.15) is 0 Å². The second-order valence-electron chi connectivity index (χ2n) is 6.94. The number of carbonyl (C=O) groups is 1. The first-order valence-electron chi connectivity index (χ1n) is 9.35. The Hall–Kier alpha value is -3.72. The smallest absolute Gasteiger partial charge is 0.269 e. The van der Waals surface area contributed by atoms with E-state index in [1.54, 1.807) is 24.3 Å². The number of nitrogens with one attached hydrogen (secondary N) is 1. The molecule has 160 valence electrons. The molecule has 8 nitrogen and oxygen atoms in total. The second-order valence-corrected chi connectivity index (χ2v) is 8.91. The van der Waals surface area contributed by atoms with Crippen molar-refractivity contribution in [1.82, 2.24) is 5.32 Å². The van der Waals surface area contributed by atoms with Crippen LogP contribution in [0.4, 0.5) is 11.4 Å². The van der Waals surface area contributed by atoms with Crippen molar-refractivity contribution in [1.29, 1.82) is 0 Å². The second kappa shape index (κ2) is 8.97. The molecule has 0 spiro atoms. The summed E-state index contributed by atoms with van der Waals surface area (Å²) in [5.41, 5.74) is 2.37. The summed E-state index contributed by atoms with van der Waals surface area (Å²) in [7, 11) is -2.39. The third-order valence-electron chi connectivity index (χ3n) is 4.75. The van der Waals surface area contributed by atoms with Gasteiger partial charge in [0.2, 0.25) is 0 Å². The van der Waals surface area contributed by atoms with Gasteiger partial charge in [-0.05, 0) is 42.8 Å². The molecule has 0 unspecified atom stereocenters. The van der Waals surface area contributed by atoms with Gasteiger partial charge in [0.25, 0.3) is 21.6 Å². The lowest BCUT2D eigenvalue weighted by atomic mass is 10.2. The topological polar surface area (TPSA) is 110 Å². The fourth-order valence-corrected chi connectivity index (χ4v) is 4.11. The number of nitro groups is 1. The van der Waals surface area contributed by atoms with Crippen LogP contribution >= 0.6 is 0 Å². The SMILES string of the molecule is Cc1ccc(N(C)S(=O)(=O)c2cccc(C(=O)NCc3ccc([N+](=O)[O-])cc3)c2)cc1. The third kappa shape index (κ3) is 5.07. The monoisotopic (exact) mass is 439 g/mol. The van der Waals surface area contributed by atoms with Crippen molar-refractivity contribution < 1.29 is 18.1 Å². The van der Waals surface area contributed by atoms with Gasteiger partial charge in [0.15, 0.2) is 0 Å². The van der Waals surface area contributed by atoms with Crippen LogP contribution in [0.25, 0.3) is 0 Å². The van der Waals surface area contributed by atoms with E-state index in [2.05, 4.69) is 5.32 Å². The van der Waals surface area contributed by atoms with Gasteiger partial charge in [-0.1, -0.05) is 35.9 Å². The summed E-state index contributed by atoms with van der Waals surface area (Å²) in [6.07, 6.45) is 0. The van der Waals surface area contributed by atoms with Crippen molar-refractivity contribution in [3.05, 3.63) is 99.6 Å². The molecule has 0 saturated heterocycles. The number of benzene rings is 3. The van der Waals surface area contributed by atoms with Gasteiger partial charge in [-0.3, -0.25) is 19.2 Å². The molecule has 3 aromatic carbocycles. The molecule has 9 heteroatoms. The molecule has 0 aliphatic rings. The maximum absolute atomic E-state index is 13.0. The molecule has 0 atom stereocenters. The highest BCUT2D eigenvalue weighted by Crippen LogP contribution is 2.23. The number of amides is 1. The van der Waals surface area contributed by atoms with Crippen molar-refractivity contribution in [2.24, 2.45) is 0 Å². The van der Waals surface area contributed by atoms with E-state index < -0.39 is 20.9 Å². The molecule has 3 aromatic rings. The minimum atomic E-state index is -3.85. The van der Waals surface area contributed by atoms with Crippen LogP contribution in [0.5, 0.6) is 0 Å². The van der Waals surface area contributed by atoms with E-state index in [9.17, 15) is 23.3 Å². The third-order valence-corrected chi connectivity index (χ3v) is 6.53. The number of nitro benzene ring substituents is 1. The first kappa shape index (κ1) is 22.0. The van der Waals surface area contributed by atoms with Crippen LogP contribution in [0.2, 0.25) is 0 Å². The number of sulfonamides is 1. The average molecular weight is 439 g/mol. The number of rotatable bonds is 7. The number of aryl methyl sites for hydroxylation is 1. The van der Waals surface area contributed by atoms with Crippen molar-refractivity contribution in [2.45, 2.75) is 18.4 Å². The molecular formula is C22H21N3O5S. The molecule has 1 N–H and O–H groups in total. The lowest BCUT2D eigenvalue weighted by molar-refractivity contribution is -0.384. The number of hydrogen-bond donors (Lipinski definition) is 1. The largest absolute Gasteiger partial charge is 0.348 e. The zero-order valence-electron chi connectivity index (χ0n) is 17.0. The molecule has 0 radical (unpaired) electrons. The minimum absolute atomic E-state index is 0.00133. The van der Waals surface area contributed by atoms with Crippen LogP contribution in [0.3, 0.4) is 0 Å². The molecule has 0 aliphatic carbocycles. The normalized spacial score (nSPS) is 11.0. The fraction of sp³-hybridized carbons (Fsp3) is 0.136. The molecule has 0 heterocycles. The van der Waals surface area contributed by atoms with Gasteiger partial charge >= 0.3 is 0 Å². The average Bonchev–Trinajstić information content (AvgIpc) is 2.77. The molecule has 0 fully saturated rings. The molecule has 0 bridgehead atoms. The maximum Gasteiger partial charge on any atom is 0.269 e. The van der Waals surface area contributed by atoms with Gasteiger partial charge in [-0.2, -0.15) is 0 Å². The molecule has 1 amide bonds. The van der Waals surface area contributed by atoms with E-state index in [-0.39, 0.29) is 22.7 Å². The van der Waals surface area contributed by atoms with E-state index in [1.807, 2.05) is 19.1 Å². The summed E-state index contributed by atoms with van der Waals surface area (Å²) in [5.74, 6) is -0.451. The van der Waals surface area contributed by atoms with Crippen LogP contribution in [-0.4, -0.2) is 26.3 Å². The van der Waals surface area contributed by atoms with E-state index in [1.165, 1.54) is 47.8 Å². The Balaban J connectivity index is 1.74. The summed E-state index contributed by atoms with van der Waals surface area (Å²) in [4.78, 5) is 22.7. The molecule has 0 aromatic heterocycles. The van der Waals surface area contributed by atoms with Gasteiger partial charge in [-0.25, -0.2) is 8.42 Å². The van der Waals surface area contributed by atoms with Gasteiger partial charge in [-0.15, -0.1) is 0 Å². The van der Waals surface area contributed by atoms with Crippen LogP contribution < -0.4 is 9.62 Å². The van der Waals surface area contributed by atoms with E-state index >= 15 is 0 Å². The Morgan fingerprint density at radius 1 is 1.03 bits per heavy atom. The first-order chi connectivity index (χ1) is 14.7. The van der Waals surface area contributed by atoms with Gasteiger partial charge < -0.3 is 5.32 Å². The zero-order valence-corrected chi connectivity index (χ0v) is 17.8. The van der Waals surface area contributed by atoms with Crippen molar-refractivity contribution in [3.63, 3.8) is 0 Å².